The lowest BCUT2D eigenvalue weighted by Crippen LogP contribution is -2.45. The van der Waals surface area contributed by atoms with Crippen molar-refractivity contribution in [3.05, 3.63) is 24.3 Å². The van der Waals surface area contributed by atoms with Gasteiger partial charge in [-0.25, -0.2) is 0 Å². The van der Waals surface area contributed by atoms with Gasteiger partial charge in [0.15, 0.2) is 0 Å². The summed E-state index contributed by atoms with van der Waals surface area (Å²) in [4.78, 5) is 11.7. The normalized spacial score (nSPS) is 12.5. The molecule has 0 heterocycles. The number of anilines is 1. The van der Waals surface area contributed by atoms with E-state index in [2.05, 4.69) is 5.32 Å². The average Bonchev–Trinajstić information content (AvgIpc) is 2.19. The van der Waals surface area contributed by atoms with Crippen LogP contribution in [-0.2, 0) is 4.79 Å². The van der Waals surface area contributed by atoms with Crippen molar-refractivity contribution in [2.24, 2.45) is 11.1 Å². The van der Waals surface area contributed by atoms with Crippen LogP contribution in [0.15, 0.2) is 24.3 Å². The molecule has 4 nitrogen and oxygen atoms in total. The number of halogens is 1. The minimum absolute atomic E-state index is 0. The maximum Gasteiger partial charge on any atom is 0.241 e. The van der Waals surface area contributed by atoms with Crippen molar-refractivity contribution in [2.45, 2.75) is 26.8 Å². The fourth-order valence-electron chi connectivity index (χ4n) is 1.16. The van der Waals surface area contributed by atoms with Crippen molar-refractivity contribution in [3.8, 4) is 5.75 Å². The molecule has 0 unspecified atom stereocenters. The van der Waals surface area contributed by atoms with E-state index in [1.807, 2.05) is 20.8 Å². The third-order valence-electron chi connectivity index (χ3n) is 2.35. The highest BCUT2D eigenvalue weighted by Gasteiger charge is 2.27. The number of hydrogen-bond donors (Lipinski definition) is 3. The zero-order valence-corrected chi connectivity index (χ0v) is 11.0. The molecule has 1 amide bonds. The number of hydrogen-bond acceptors (Lipinski definition) is 3. The molecule has 1 aromatic rings. The molecule has 1 rings (SSSR count). The number of carbonyl (C=O) groups excluding carboxylic acids is 1. The molecular weight excluding hydrogens is 240 g/mol. The van der Waals surface area contributed by atoms with Gasteiger partial charge >= 0.3 is 0 Å². The SMILES string of the molecule is CC(C)(C)[C@H](N)C(=O)Nc1ccc(O)cc1.Cl. The Bertz CT molecular complexity index is 371. The van der Waals surface area contributed by atoms with Crippen LogP contribution in [0, 0.1) is 5.41 Å². The molecule has 0 bridgehead atoms. The number of carbonyl (C=O) groups is 1. The van der Waals surface area contributed by atoms with Gasteiger partial charge in [-0.15, -0.1) is 12.4 Å². The van der Waals surface area contributed by atoms with Gasteiger partial charge in [0.05, 0.1) is 6.04 Å². The molecular formula is C12H19ClN2O2. The second-order valence-electron chi connectivity index (χ2n) is 4.88. The van der Waals surface area contributed by atoms with Gasteiger partial charge in [-0.1, -0.05) is 20.8 Å². The van der Waals surface area contributed by atoms with E-state index in [4.69, 9.17) is 10.8 Å². The second-order valence-corrected chi connectivity index (χ2v) is 4.88. The van der Waals surface area contributed by atoms with Gasteiger partial charge in [-0.3, -0.25) is 4.79 Å². The first-order valence-electron chi connectivity index (χ1n) is 5.16. The topological polar surface area (TPSA) is 75.4 Å². The first kappa shape index (κ1) is 15.7. The fourth-order valence-corrected chi connectivity index (χ4v) is 1.16. The number of nitrogens with one attached hydrogen (secondary N) is 1. The monoisotopic (exact) mass is 258 g/mol. The molecule has 1 aromatic carbocycles. The van der Waals surface area contributed by atoms with Crippen molar-refractivity contribution < 1.29 is 9.90 Å². The Morgan fingerprint density at radius 3 is 2.18 bits per heavy atom. The van der Waals surface area contributed by atoms with Gasteiger partial charge in [0.1, 0.15) is 5.75 Å². The van der Waals surface area contributed by atoms with E-state index in [1.165, 1.54) is 12.1 Å². The van der Waals surface area contributed by atoms with Crippen molar-refractivity contribution >= 4 is 24.0 Å². The lowest BCUT2D eigenvalue weighted by molar-refractivity contribution is -0.119. The van der Waals surface area contributed by atoms with Crippen LogP contribution in [0.1, 0.15) is 20.8 Å². The highest BCUT2D eigenvalue weighted by molar-refractivity contribution is 5.95. The van der Waals surface area contributed by atoms with Crippen LogP contribution in [0.4, 0.5) is 5.69 Å². The molecule has 1 atom stereocenters. The van der Waals surface area contributed by atoms with Crippen LogP contribution in [0.3, 0.4) is 0 Å². The summed E-state index contributed by atoms with van der Waals surface area (Å²) in [5, 5.41) is 11.8. The summed E-state index contributed by atoms with van der Waals surface area (Å²) in [6, 6.07) is 5.71. The van der Waals surface area contributed by atoms with Crippen LogP contribution >= 0.6 is 12.4 Å². The fraction of sp³-hybridized carbons (Fsp3) is 0.417. The van der Waals surface area contributed by atoms with E-state index < -0.39 is 6.04 Å². The molecule has 0 aromatic heterocycles. The van der Waals surface area contributed by atoms with Crippen molar-refractivity contribution in [3.63, 3.8) is 0 Å². The van der Waals surface area contributed by atoms with Crippen molar-refractivity contribution in [1.82, 2.24) is 0 Å². The molecule has 0 aliphatic heterocycles. The Balaban J connectivity index is 0.00000256. The highest BCUT2D eigenvalue weighted by atomic mass is 35.5. The Labute approximate surface area is 108 Å². The van der Waals surface area contributed by atoms with Crippen molar-refractivity contribution in [1.29, 1.82) is 0 Å². The summed E-state index contributed by atoms with van der Waals surface area (Å²) in [7, 11) is 0. The number of aromatic hydroxyl groups is 1. The molecule has 5 heteroatoms. The molecule has 0 aliphatic rings. The van der Waals surface area contributed by atoms with Gasteiger partial charge in [0, 0.05) is 5.69 Å². The van der Waals surface area contributed by atoms with E-state index in [9.17, 15) is 4.79 Å². The van der Waals surface area contributed by atoms with Crippen LogP contribution in [0.5, 0.6) is 5.75 Å². The highest BCUT2D eigenvalue weighted by Crippen LogP contribution is 2.19. The Morgan fingerprint density at radius 2 is 1.76 bits per heavy atom. The molecule has 0 saturated carbocycles. The van der Waals surface area contributed by atoms with Gasteiger partial charge in [0.2, 0.25) is 5.91 Å². The molecule has 4 N–H and O–H groups in total. The molecule has 0 fully saturated rings. The van der Waals surface area contributed by atoms with Crippen LogP contribution in [-0.4, -0.2) is 17.1 Å². The number of nitrogens with two attached hydrogens (primary N) is 1. The van der Waals surface area contributed by atoms with Gasteiger partial charge in [-0.2, -0.15) is 0 Å². The van der Waals surface area contributed by atoms with E-state index in [-0.39, 0.29) is 29.5 Å². The minimum atomic E-state index is -0.568. The maximum absolute atomic E-state index is 11.7. The Hall–Kier alpha value is -1.26. The predicted molar refractivity (Wildman–Crippen MR) is 71.4 cm³/mol. The molecule has 0 saturated heterocycles. The number of benzene rings is 1. The summed E-state index contributed by atoms with van der Waals surface area (Å²) in [5.41, 5.74) is 6.16. The largest absolute Gasteiger partial charge is 0.508 e. The second kappa shape index (κ2) is 5.89. The standard InChI is InChI=1S/C12H18N2O2.ClH/c1-12(2,3)10(13)11(16)14-8-4-6-9(15)7-5-8;/h4-7,10,15H,13H2,1-3H3,(H,14,16);1H/t10-;/m1./s1. The van der Waals surface area contributed by atoms with Gasteiger partial charge < -0.3 is 16.2 Å². The summed E-state index contributed by atoms with van der Waals surface area (Å²) in [5.74, 6) is -0.0590. The van der Waals surface area contributed by atoms with E-state index in [0.717, 1.165) is 0 Å². The zero-order chi connectivity index (χ0) is 12.3. The maximum atomic E-state index is 11.7. The van der Waals surface area contributed by atoms with Crippen LogP contribution < -0.4 is 11.1 Å². The Kier molecular flexibility index (Phi) is 5.45. The first-order chi connectivity index (χ1) is 7.30. The van der Waals surface area contributed by atoms with Crippen molar-refractivity contribution in [2.75, 3.05) is 5.32 Å². The summed E-state index contributed by atoms with van der Waals surface area (Å²) < 4.78 is 0. The number of phenolic OH excluding ortho intramolecular Hbond substituents is 1. The van der Waals surface area contributed by atoms with E-state index in [1.54, 1.807) is 12.1 Å². The summed E-state index contributed by atoms with van der Waals surface area (Å²) in [6.45, 7) is 5.73. The number of rotatable bonds is 2. The minimum Gasteiger partial charge on any atom is -0.508 e. The molecule has 0 aliphatic carbocycles. The predicted octanol–water partition coefficient (Wildman–Crippen LogP) is 2.13. The lowest BCUT2D eigenvalue weighted by Gasteiger charge is -2.25. The third kappa shape index (κ3) is 4.63. The third-order valence-corrected chi connectivity index (χ3v) is 2.35. The number of phenols is 1. The zero-order valence-electron chi connectivity index (χ0n) is 10.2. The molecule has 17 heavy (non-hydrogen) atoms. The number of amides is 1. The summed E-state index contributed by atoms with van der Waals surface area (Å²) in [6.07, 6.45) is 0. The summed E-state index contributed by atoms with van der Waals surface area (Å²) >= 11 is 0. The van der Waals surface area contributed by atoms with Gasteiger partial charge in [0.25, 0.3) is 0 Å². The molecule has 0 spiro atoms. The average molecular weight is 259 g/mol. The van der Waals surface area contributed by atoms with Crippen LogP contribution in [0.25, 0.3) is 0 Å². The van der Waals surface area contributed by atoms with Crippen LogP contribution in [0.2, 0.25) is 0 Å². The van der Waals surface area contributed by atoms with E-state index in [0.29, 0.717) is 5.69 Å². The van der Waals surface area contributed by atoms with Gasteiger partial charge in [-0.05, 0) is 29.7 Å². The Morgan fingerprint density at radius 1 is 1.29 bits per heavy atom. The quantitative estimate of drug-likeness (QED) is 0.712. The lowest BCUT2D eigenvalue weighted by atomic mass is 9.87. The molecule has 0 radical (unpaired) electrons. The molecule has 96 valence electrons. The van der Waals surface area contributed by atoms with E-state index >= 15 is 0 Å². The first-order valence-corrected chi connectivity index (χ1v) is 5.16. The smallest absolute Gasteiger partial charge is 0.241 e.